The van der Waals surface area contributed by atoms with Gasteiger partial charge in [0.25, 0.3) is 0 Å². The molecule has 0 saturated carbocycles. The first-order valence-corrected chi connectivity index (χ1v) is 34.2. The summed E-state index contributed by atoms with van der Waals surface area (Å²) in [4.78, 5) is 23.4. The molecule has 0 aromatic rings. The molecule has 0 radical (unpaired) electrons. The molecule has 0 fully saturated rings. The predicted octanol–water partition coefficient (Wildman–Crippen LogP) is 20.3. The normalized spacial score (nSPS) is 13.9. The summed E-state index contributed by atoms with van der Waals surface area (Å²) in [6, 6.07) is -0.861. The number of carbonyl (C=O) groups excluding carboxylic acids is 1. The first-order chi connectivity index (χ1) is 36.0. The summed E-state index contributed by atoms with van der Waals surface area (Å²) in [7, 11) is 1.57. The van der Waals surface area contributed by atoms with Crippen LogP contribution in [0.3, 0.4) is 0 Å². The molecule has 0 saturated heterocycles. The van der Waals surface area contributed by atoms with E-state index >= 15 is 0 Å². The molecular formula is C65H130N2O6P+. The van der Waals surface area contributed by atoms with Gasteiger partial charge < -0.3 is 19.8 Å². The minimum atomic E-state index is -4.36. The molecule has 0 aliphatic carbocycles. The minimum absolute atomic E-state index is 0.0590. The third kappa shape index (κ3) is 58.7. The summed E-state index contributed by atoms with van der Waals surface area (Å²) in [5.41, 5.74) is 0. The first kappa shape index (κ1) is 73.0. The van der Waals surface area contributed by atoms with Crippen molar-refractivity contribution in [3.63, 3.8) is 0 Å². The van der Waals surface area contributed by atoms with E-state index in [1.165, 1.54) is 276 Å². The van der Waals surface area contributed by atoms with Crippen LogP contribution in [0.15, 0.2) is 24.3 Å². The van der Waals surface area contributed by atoms with Crippen LogP contribution in [-0.4, -0.2) is 73.4 Å². The molecule has 9 heteroatoms. The van der Waals surface area contributed by atoms with Gasteiger partial charge in [0, 0.05) is 6.42 Å². The zero-order valence-electron chi connectivity index (χ0n) is 50.4. The highest BCUT2D eigenvalue weighted by Crippen LogP contribution is 2.43. The van der Waals surface area contributed by atoms with Crippen LogP contribution in [0.5, 0.6) is 0 Å². The van der Waals surface area contributed by atoms with Crippen LogP contribution < -0.4 is 5.32 Å². The van der Waals surface area contributed by atoms with Crippen LogP contribution in [0.4, 0.5) is 0 Å². The lowest BCUT2D eigenvalue weighted by Gasteiger charge is -2.25. The standard InChI is InChI=1S/C65H129N2O6P/c1-6-8-10-12-14-16-18-20-22-24-26-28-30-32-34-36-38-40-42-44-46-48-50-52-54-56-58-64(68)63(62-73-74(70,71)72-61-60-67(3,4)5)66-65(69)59-57-55-53-51-49-47-45-43-41-39-37-35-33-31-29-27-25-23-21-19-17-15-13-11-9-7-2/h48,50,56,58,63-64,68H,6-47,49,51-55,57,59-62H2,1-5H3,(H-,66,69,70,71)/p+1/b50-48+,58-56+. The molecule has 0 aromatic heterocycles. The van der Waals surface area contributed by atoms with E-state index in [0.29, 0.717) is 17.4 Å². The number of nitrogens with zero attached hydrogens (tertiary/aromatic N) is 1. The number of likely N-dealkylation sites (N-methyl/N-ethyl adjacent to an activating group) is 1. The minimum Gasteiger partial charge on any atom is -0.387 e. The Balaban J connectivity index is 4.13. The molecule has 440 valence electrons. The van der Waals surface area contributed by atoms with Crippen LogP contribution in [0.25, 0.3) is 0 Å². The number of aliphatic hydroxyl groups is 1. The monoisotopic (exact) mass is 1070 g/mol. The van der Waals surface area contributed by atoms with Crippen molar-refractivity contribution >= 4 is 13.7 Å². The Bertz CT molecular complexity index is 1260. The second kappa shape index (κ2) is 56.7. The van der Waals surface area contributed by atoms with E-state index in [1.807, 2.05) is 27.2 Å². The highest BCUT2D eigenvalue weighted by Gasteiger charge is 2.28. The van der Waals surface area contributed by atoms with Gasteiger partial charge in [-0.15, -0.1) is 0 Å². The fourth-order valence-electron chi connectivity index (χ4n) is 10.1. The van der Waals surface area contributed by atoms with Gasteiger partial charge in [-0.25, -0.2) is 4.57 Å². The van der Waals surface area contributed by atoms with E-state index in [0.717, 1.165) is 38.5 Å². The predicted molar refractivity (Wildman–Crippen MR) is 323 cm³/mol. The van der Waals surface area contributed by atoms with E-state index in [9.17, 15) is 19.4 Å². The number of rotatable bonds is 61. The second-order valence-corrected chi connectivity index (χ2v) is 25.3. The molecule has 3 N–H and O–H groups in total. The van der Waals surface area contributed by atoms with E-state index < -0.39 is 20.0 Å². The van der Waals surface area contributed by atoms with Gasteiger partial charge >= 0.3 is 7.82 Å². The van der Waals surface area contributed by atoms with Crippen LogP contribution in [0, 0.1) is 0 Å². The Hall–Kier alpha value is -1.02. The lowest BCUT2D eigenvalue weighted by molar-refractivity contribution is -0.870. The number of unbranched alkanes of at least 4 members (excludes halogenated alkanes) is 46. The number of nitrogens with one attached hydrogen (secondary N) is 1. The SMILES string of the molecule is CCCCCCCCCCCCCCCCCCCCCC/C=C/CC/C=C/C(O)C(COP(=O)(O)OCC[N+](C)(C)C)NC(=O)CCCCCCCCCCCCCCCCCCCCCCCCCCCC. The third-order valence-corrected chi connectivity index (χ3v) is 16.2. The Labute approximate surface area is 462 Å². The first-order valence-electron chi connectivity index (χ1n) is 32.7. The summed E-state index contributed by atoms with van der Waals surface area (Å²) >= 11 is 0. The van der Waals surface area contributed by atoms with E-state index in [1.54, 1.807) is 6.08 Å². The highest BCUT2D eigenvalue weighted by atomic mass is 31.2. The average molecular weight is 1070 g/mol. The zero-order valence-corrected chi connectivity index (χ0v) is 51.3. The number of carbonyl (C=O) groups is 1. The lowest BCUT2D eigenvalue weighted by atomic mass is 10.0. The maximum absolute atomic E-state index is 13.0. The number of quaternary nitrogens is 1. The van der Waals surface area contributed by atoms with Gasteiger partial charge in [-0.1, -0.05) is 321 Å². The van der Waals surface area contributed by atoms with E-state index in [4.69, 9.17) is 9.05 Å². The van der Waals surface area contributed by atoms with Gasteiger partial charge in [-0.2, -0.15) is 0 Å². The maximum Gasteiger partial charge on any atom is 0.472 e. The van der Waals surface area contributed by atoms with Crippen LogP contribution in [-0.2, 0) is 18.4 Å². The summed E-state index contributed by atoms with van der Waals surface area (Å²) in [6.07, 6.45) is 73.1. The van der Waals surface area contributed by atoms with Crippen molar-refractivity contribution in [3.8, 4) is 0 Å². The van der Waals surface area contributed by atoms with Gasteiger partial charge in [0.2, 0.25) is 5.91 Å². The van der Waals surface area contributed by atoms with Gasteiger partial charge in [-0.05, 0) is 32.1 Å². The molecule has 0 aliphatic rings. The molecule has 0 bridgehead atoms. The van der Waals surface area contributed by atoms with Crippen molar-refractivity contribution in [3.05, 3.63) is 24.3 Å². The van der Waals surface area contributed by atoms with Crippen LogP contribution >= 0.6 is 7.82 Å². The number of phosphoric acid groups is 1. The quantitative estimate of drug-likeness (QED) is 0.0243. The van der Waals surface area contributed by atoms with Crippen molar-refractivity contribution in [2.45, 2.75) is 347 Å². The Morgan fingerprint density at radius 1 is 0.446 bits per heavy atom. The molecule has 0 rings (SSSR count). The van der Waals surface area contributed by atoms with E-state index in [2.05, 4.69) is 31.3 Å². The Kier molecular flexibility index (Phi) is 55.9. The van der Waals surface area contributed by atoms with Crippen molar-refractivity contribution in [2.75, 3.05) is 40.9 Å². The Morgan fingerprint density at radius 3 is 1.08 bits per heavy atom. The molecule has 74 heavy (non-hydrogen) atoms. The second-order valence-electron chi connectivity index (χ2n) is 23.8. The highest BCUT2D eigenvalue weighted by molar-refractivity contribution is 7.47. The molecule has 8 nitrogen and oxygen atoms in total. The van der Waals surface area contributed by atoms with Gasteiger partial charge in [0.05, 0.1) is 39.9 Å². The molecule has 0 aliphatic heterocycles. The van der Waals surface area contributed by atoms with Crippen molar-refractivity contribution in [2.24, 2.45) is 0 Å². The number of hydrogen-bond donors (Lipinski definition) is 3. The molecule has 3 atom stereocenters. The molecule has 0 aromatic carbocycles. The number of allylic oxidation sites excluding steroid dienone is 3. The molecule has 1 amide bonds. The lowest BCUT2D eigenvalue weighted by Crippen LogP contribution is -2.45. The van der Waals surface area contributed by atoms with E-state index in [-0.39, 0.29) is 19.1 Å². The summed E-state index contributed by atoms with van der Waals surface area (Å²) in [5.74, 6) is -0.179. The number of amides is 1. The smallest absolute Gasteiger partial charge is 0.387 e. The maximum atomic E-state index is 13.0. The summed E-state index contributed by atoms with van der Waals surface area (Å²) < 4.78 is 23.8. The van der Waals surface area contributed by atoms with Crippen LogP contribution in [0.1, 0.15) is 335 Å². The van der Waals surface area contributed by atoms with Gasteiger partial charge in [-0.3, -0.25) is 13.8 Å². The summed E-state index contributed by atoms with van der Waals surface area (Å²) in [6.45, 7) is 4.86. The number of phosphoric ester groups is 1. The van der Waals surface area contributed by atoms with Crippen molar-refractivity contribution in [1.29, 1.82) is 0 Å². The number of hydrogen-bond acceptors (Lipinski definition) is 5. The van der Waals surface area contributed by atoms with Crippen LogP contribution in [0.2, 0.25) is 0 Å². The van der Waals surface area contributed by atoms with Gasteiger partial charge in [0.15, 0.2) is 0 Å². The fraction of sp³-hybridized carbons (Fsp3) is 0.923. The molecule has 0 spiro atoms. The van der Waals surface area contributed by atoms with Crippen molar-refractivity contribution in [1.82, 2.24) is 5.32 Å². The molecule has 3 unspecified atom stereocenters. The largest absolute Gasteiger partial charge is 0.472 e. The van der Waals surface area contributed by atoms with Gasteiger partial charge in [0.1, 0.15) is 13.2 Å². The fourth-order valence-corrected chi connectivity index (χ4v) is 10.8. The number of aliphatic hydroxyl groups excluding tert-OH is 1. The Morgan fingerprint density at radius 2 is 0.743 bits per heavy atom. The van der Waals surface area contributed by atoms with Crippen molar-refractivity contribution < 1.29 is 32.9 Å². The molecule has 0 heterocycles. The topological polar surface area (TPSA) is 105 Å². The summed E-state index contributed by atoms with van der Waals surface area (Å²) in [5, 5.41) is 14.0. The third-order valence-electron chi connectivity index (χ3n) is 15.2. The molecular weight excluding hydrogens is 936 g/mol. The average Bonchev–Trinajstić information content (AvgIpc) is 3.36. The zero-order chi connectivity index (χ0) is 54.2.